The summed E-state index contributed by atoms with van der Waals surface area (Å²) in [4.78, 5) is 58.7. The molecule has 6 nitrogen and oxygen atoms in total. The normalized spacial score (nSPS) is 24.4. The number of amides is 2. The molecule has 2 bridgehead atoms. The van der Waals surface area contributed by atoms with Gasteiger partial charge in [0.05, 0.1) is 33.9 Å². The molecule has 1 heterocycles. The predicted molar refractivity (Wildman–Crippen MR) is 184 cm³/mol. The number of carboxylic acids is 1. The minimum absolute atomic E-state index is 0.0166. The van der Waals surface area contributed by atoms with Gasteiger partial charge in [-0.05, 0) is 81.9 Å². The summed E-state index contributed by atoms with van der Waals surface area (Å²) in [5.74, 6) is -4.73. The lowest BCUT2D eigenvalue weighted by Gasteiger charge is -2.39. The first-order chi connectivity index (χ1) is 23.2. The van der Waals surface area contributed by atoms with Crippen molar-refractivity contribution in [2.24, 2.45) is 11.8 Å². The van der Waals surface area contributed by atoms with Crippen LogP contribution in [0.4, 0.5) is 5.69 Å². The highest BCUT2D eigenvalue weighted by Crippen LogP contribution is 2.74. The van der Waals surface area contributed by atoms with Gasteiger partial charge in [0, 0.05) is 10.0 Å². The highest BCUT2D eigenvalue weighted by molar-refractivity contribution is 6.39. The minimum Gasteiger partial charge on any atom is -0.478 e. The largest absolute Gasteiger partial charge is 0.478 e. The van der Waals surface area contributed by atoms with Gasteiger partial charge in [-0.1, -0.05) is 108 Å². The number of hydrogen-bond acceptors (Lipinski definition) is 4. The quantitative estimate of drug-likeness (QED) is 0.186. The Kier molecular flexibility index (Phi) is 6.81. The number of benzene rings is 5. The number of Topliss-reactive ketones (excluding diaryl/α,β-unsaturated/α-hetero) is 1. The van der Waals surface area contributed by atoms with E-state index >= 15 is 14.4 Å². The van der Waals surface area contributed by atoms with Crippen LogP contribution in [-0.4, -0.2) is 28.7 Å². The molecule has 1 aliphatic heterocycles. The van der Waals surface area contributed by atoms with Gasteiger partial charge in [0.2, 0.25) is 11.8 Å². The summed E-state index contributed by atoms with van der Waals surface area (Å²) in [6.07, 6.45) is 0. The number of ketones is 1. The molecule has 1 saturated carbocycles. The van der Waals surface area contributed by atoms with E-state index in [1.807, 2.05) is 60.7 Å². The van der Waals surface area contributed by atoms with Crippen LogP contribution in [0.3, 0.4) is 0 Å². The number of nitrogens with zero attached hydrogens (tertiary/aromatic N) is 1. The molecule has 234 valence electrons. The smallest absolute Gasteiger partial charge is 0.335 e. The van der Waals surface area contributed by atoms with Crippen molar-refractivity contribution in [3.8, 4) is 0 Å². The Hall–Kier alpha value is -5.30. The summed E-state index contributed by atoms with van der Waals surface area (Å²) in [6, 6.07) is 38.6. The number of halogens is 2. The number of fused-ring (bicyclic) bond motifs is 5. The van der Waals surface area contributed by atoms with Crippen LogP contribution in [0.15, 0.2) is 133 Å². The summed E-state index contributed by atoms with van der Waals surface area (Å²) < 4.78 is 0. The maximum absolute atomic E-state index is 15.9. The van der Waals surface area contributed by atoms with Gasteiger partial charge >= 0.3 is 5.97 Å². The molecule has 5 aromatic carbocycles. The number of carboxylic acid groups (broad SMARTS) is 1. The van der Waals surface area contributed by atoms with Gasteiger partial charge in [0.1, 0.15) is 0 Å². The molecule has 0 radical (unpaired) electrons. The maximum atomic E-state index is 15.9. The minimum atomic E-state index is -1.59. The van der Waals surface area contributed by atoms with Crippen molar-refractivity contribution in [3.05, 3.63) is 171 Å². The van der Waals surface area contributed by atoms with Crippen LogP contribution in [0.5, 0.6) is 0 Å². The van der Waals surface area contributed by atoms with Crippen LogP contribution in [0.2, 0.25) is 10.0 Å². The first-order valence-corrected chi connectivity index (χ1v) is 16.1. The third-order valence-electron chi connectivity index (χ3n) is 10.1. The lowest BCUT2D eigenvalue weighted by molar-refractivity contribution is -0.130. The van der Waals surface area contributed by atoms with Crippen molar-refractivity contribution in [3.63, 3.8) is 0 Å². The fourth-order valence-electron chi connectivity index (χ4n) is 8.36. The Balaban J connectivity index is 1.52. The summed E-state index contributed by atoms with van der Waals surface area (Å²) >= 11 is 12.8. The van der Waals surface area contributed by atoms with E-state index < -0.39 is 40.4 Å². The van der Waals surface area contributed by atoms with E-state index in [0.717, 1.165) is 16.0 Å². The van der Waals surface area contributed by atoms with Crippen LogP contribution in [0.25, 0.3) is 11.1 Å². The number of rotatable bonds is 6. The van der Waals surface area contributed by atoms with Crippen LogP contribution < -0.4 is 4.90 Å². The number of carbonyl (C=O) groups excluding carboxylic acids is 3. The van der Waals surface area contributed by atoms with Gasteiger partial charge in [-0.25, -0.2) is 9.69 Å². The number of allylic oxidation sites excluding steroid dienone is 2. The van der Waals surface area contributed by atoms with Crippen molar-refractivity contribution < 1.29 is 24.3 Å². The van der Waals surface area contributed by atoms with Gasteiger partial charge in [0.15, 0.2) is 5.78 Å². The van der Waals surface area contributed by atoms with E-state index in [4.69, 9.17) is 23.2 Å². The third kappa shape index (κ3) is 3.87. The Morgan fingerprint density at radius 2 is 0.958 bits per heavy atom. The lowest BCUT2D eigenvalue weighted by atomic mass is 9.59. The molecule has 4 unspecified atom stereocenters. The first kappa shape index (κ1) is 30.1. The second-order valence-corrected chi connectivity index (χ2v) is 13.1. The highest BCUT2D eigenvalue weighted by Gasteiger charge is 2.82. The average molecular weight is 671 g/mol. The van der Waals surface area contributed by atoms with E-state index in [1.165, 1.54) is 24.3 Å². The molecular formula is C40H25Cl2NO5. The van der Waals surface area contributed by atoms with Crippen LogP contribution in [0.1, 0.15) is 32.6 Å². The molecular weight excluding hydrogens is 645 g/mol. The molecule has 5 aromatic rings. The maximum Gasteiger partial charge on any atom is 0.335 e. The molecule has 3 aliphatic rings. The molecule has 0 spiro atoms. The number of aromatic carboxylic acids is 1. The SMILES string of the molecule is O=C(O)c1ccc(N2C(=O)C3C(C2=O)C2(c4ccc(Cl)cc4)C(=O)C3(c3ccc(Cl)cc3)C(c3ccccc3)=C2c2ccccc2)cc1. The van der Waals surface area contributed by atoms with Crippen molar-refractivity contribution in [1.29, 1.82) is 0 Å². The van der Waals surface area contributed by atoms with E-state index in [0.29, 0.717) is 32.3 Å². The van der Waals surface area contributed by atoms with Gasteiger partial charge in [0.25, 0.3) is 0 Å². The van der Waals surface area contributed by atoms with E-state index in [2.05, 4.69) is 0 Å². The third-order valence-corrected chi connectivity index (χ3v) is 10.6. The Morgan fingerprint density at radius 3 is 1.33 bits per heavy atom. The second kappa shape index (κ2) is 10.9. The number of imide groups is 1. The molecule has 2 amide bonds. The predicted octanol–water partition coefficient (Wildman–Crippen LogP) is 7.88. The van der Waals surface area contributed by atoms with Crippen molar-refractivity contribution in [2.75, 3.05) is 4.90 Å². The molecule has 0 aromatic heterocycles. The zero-order chi connectivity index (χ0) is 33.4. The van der Waals surface area contributed by atoms with Crippen molar-refractivity contribution >= 4 is 63.6 Å². The fourth-order valence-corrected chi connectivity index (χ4v) is 8.62. The molecule has 4 atom stereocenters. The van der Waals surface area contributed by atoms with Gasteiger partial charge in [-0.2, -0.15) is 0 Å². The zero-order valence-electron chi connectivity index (χ0n) is 25.1. The summed E-state index contributed by atoms with van der Waals surface area (Å²) in [6.45, 7) is 0. The van der Waals surface area contributed by atoms with Crippen LogP contribution in [-0.2, 0) is 25.2 Å². The van der Waals surface area contributed by atoms with Gasteiger partial charge < -0.3 is 5.11 Å². The van der Waals surface area contributed by atoms with E-state index in [-0.39, 0.29) is 17.0 Å². The fraction of sp³-hybridized carbons (Fsp3) is 0.100. The summed E-state index contributed by atoms with van der Waals surface area (Å²) in [7, 11) is 0. The highest BCUT2D eigenvalue weighted by atomic mass is 35.5. The topological polar surface area (TPSA) is 91.8 Å². The molecule has 1 N–H and O–H groups in total. The lowest BCUT2D eigenvalue weighted by Crippen LogP contribution is -2.45. The van der Waals surface area contributed by atoms with Crippen molar-refractivity contribution in [2.45, 2.75) is 10.8 Å². The molecule has 2 aliphatic carbocycles. The standard InChI is InChI=1S/C40H25Cl2NO5/c41-28-17-13-26(14-18-28)39-31(23-7-3-1-4-8-23)32(24-9-5-2-6-10-24)40(38(39)48,27-15-19-29(42)20-16-27)34-33(39)35(44)43(36(34)45)30-21-11-25(12-22-30)37(46)47/h1-22,33-34H,(H,46,47). The van der Waals surface area contributed by atoms with Crippen molar-refractivity contribution in [1.82, 2.24) is 0 Å². The number of carbonyl (C=O) groups is 4. The molecule has 2 fully saturated rings. The second-order valence-electron chi connectivity index (χ2n) is 12.3. The summed E-state index contributed by atoms with van der Waals surface area (Å²) in [5.41, 5.74) is 0.974. The zero-order valence-corrected chi connectivity index (χ0v) is 26.7. The number of anilines is 1. The molecule has 8 rings (SSSR count). The summed E-state index contributed by atoms with van der Waals surface area (Å²) in [5, 5.41) is 10.4. The average Bonchev–Trinajstić information content (AvgIpc) is 3.61. The monoisotopic (exact) mass is 669 g/mol. The molecule has 1 saturated heterocycles. The molecule has 8 heteroatoms. The number of hydrogen-bond donors (Lipinski definition) is 1. The molecule has 48 heavy (non-hydrogen) atoms. The Morgan fingerprint density at radius 1 is 0.562 bits per heavy atom. The van der Waals surface area contributed by atoms with Gasteiger partial charge in [-0.3, -0.25) is 14.4 Å². The van der Waals surface area contributed by atoms with E-state index in [1.54, 1.807) is 48.5 Å². The Labute approximate surface area is 285 Å². The first-order valence-electron chi connectivity index (χ1n) is 15.4. The Bertz CT molecular complexity index is 2050. The van der Waals surface area contributed by atoms with Crippen LogP contribution in [0, 0.1) is 11.8 Å². The van der Waals surface area contributed by atoms with E-state index in [9.17, 15) is 9.90 Å². The van der Waals surface area contributed by atoms with Gasteiger partial charge in [-0.15, -0.1) is 0 Å². The van der Waals surface area contributed by atoms with Crippen LogP contribution >= 0.6 is 23.2 Å².